The maximum Gasteiger partial charge on any atom is 0.338 e. The molecule has 1 fully saturated rings. The molecule has 0 amide bonds. The van der Waals surface area contributed by atoms with Gasteiger partial charge in [0.1, 0.15) is 5.69 Å². The maximum atomic E-state index is 13.4. The number of carboxylic acid groups (broad SMARTS) is 1. The van der Waals surface area contributed by atoms with Gasteiger partial charge in [0.05, 0.1) is 22.7 Å². The molecule has 0 aliphatic carbocycles. The summed E-state index contributed by atoms with van der Waals surface area (Å²) in [6.07, 6.45) is -0.378. The van der Waals surface area contributed by atoms with E-state index in [1.807, 2.05) is 0 Å². The second-order valence-corrected chi connectivity index (χ2v) is 5.13. The number of carboxylic acids is 1. The SMILES string of the molecule is CNc1c([N+](=O)[O-])cc(C(=O)O)c(N2CCC(F)(F)C2)c1C. The highest BCUT2D eigenvalue weighted by Crippen LogP contribution is 2.41. The Hall–Kier alpha value is -2.45. The lowest BCUT2D eigenvalue weighted by molar-refractivity contribution is -0.384. The number of benzene rings is 1. The molecule has 0 atom stereocenters. The van der Waals surface area contributed by atoms with Crippen LogP contribution in [0.2, 0.25) is 0 Å². The lowest BCUT2D eigenvalue weighted by Crippen LogP contribution is -2.27. The number of nitrogens with zero attached hydrogens (tertiary/aromatic N) is 2. The molecule has 1 heterocycles. The van der Waals surface area contributed by atoms with E-state index in [9.17, 15) is 28.8 Å². The van der Waals surface area contributed by atoms with E-state index in [1.54, 1.807) is 0 Å². The highest BCUT2D eigenvalue weighted by molar-refractivity contribution is 5.99. The van der Waals surface area contributed by atoms with E-state index in [-0.39, 0.29) is 35.5 Å². The first-order valence-corrected chi connectivity index (χ1v) is 6.53. The third kappa shape index (κ3) is 2.66. The minimum absolute atomic E-state index is 0.00488. The largest absolute Gasteiger partial charge is 0.478 e. The number of hydrogen-bond donors (Lipinski definition) is 2. The highest BCUT2D eigenvalue weighted by atomic mass is 19.3. The molecule has 1 aromatic carbocycles. The molecule has 0 saturated carbocycles. The molecular formula is C13H15F2N3O4. The number of halogens is 2. The van der Waals surface area contributed by atoms with E-state index in [4.69, 9.17) is 0 Å². The summed E-state index contributed by atoms with van der Waals surface area (Å²) in [5.41, 5.74) is -0.250. The number of nitrogens with one attached hydrogen (secondary N) is 1. The van der Waals surface area contributed by atoms with Gasteiger partial charge in [0.2, 0.25) is 0 Å². The second kappa shape index (κ2) is 5.39. The van der Waals surface area contributed by atoms with Crippen molar-refractivity contribution >= 4 is 23.0 Å². The Morgan fingerprint density at radius 2 is 2.18 bits per heavy atom. The molecule has 2 rings (SSSR count). The van der Waals surface area contributed by atoms with Gasteiger partial charge in [0.15, 0.2) is 0 Å². The predicted octanol–water partition coefficient (Wildman–Crippen LogP) is 2.49. The van der Waals surface area contributed by atoms with E-state index in [0.29, 0.717) is 0 Å². The van der Waals surface area contributed by atoms with Gasteiger partial charge in [-0.25, -0.2) is 13.6 Å². The molecule has 0 spiro atoms. The van der Waals surface area contributed by atoms with Crippen molar-refractivity contribution in [3.63, 3.8) is 0 Å². The van der Waals surface area contributed by atoms with Gasteiger partial charge in [-0.15, -0.1) is 0 Å². The lowest BCUT2D eigenvalue weighted by atomic mass is 10.0. The third-order valence-corrected chi connectivity index (χ3v) is 3.69. The van der Waals surface area contributed by atoms with Crippen LogP contribution in [-0.2, 0) is 0 Å². The molecule has 1 saturated heterocycles. The summed E-state index contributed by atoms with van der Waals surface area (Å²) < 4.78 is 26.8. The number of carbonyl (C=O) groups is 1. The van der Waals surface area contributed by atoms with Crippen LogP contribution in [0.3, 0.4) is 0 Å². The number of anilines is 2. The summed E-state index contributed by atoms with van der Waals surface area (Å²) in [6.45, 7) is 0.876. The van der Waals surface area contributed by atoms with Gasteiger partial charge in [-0.3, -0.25) is 10.1 Å². The molecule has 1 aromatic rings. The van der Waals surface area contributed by atoms with Crippen LogP contribution in [0, 0.1) is 17.0 Å². The minimum atomic E-state index is -2.90. The van der Waals surface area contributed by atoms with Crippen LogP contribution in [0.5, 0.6) is 0 Å². The first-order valence-electron chi connectivity index (χ1n) is 6.53. The van der Waals surface area contributed by atoms with Crippen LogP contribution >= 0.6 is 0 Å². The zero-order valence-corrected chi connectivity index (χ0v) is 12.0. The summed E-state index contributed by atoms with van der Waals surface area (Å²) >= 11 is 0. The molecule has 9 heteroatoms. The number of hydrogen-bond acceptors (Lipinski definition) is 5. The molecule has 0 radical (unpaired) electrons. The van der Waals surface area contributed by atoms with Crippen molar-refractivity contribution in [1.29, 1.82) is 0 Å². The minimum Gasteiger partial charge on any atom is -0.478 e. The fourth-order valence-corrected chi connectivity index (χ4v) is 2.75. The fourth-order valence-electron chi connectivity index (χ4n) is 2.75. The normalized spacial score (nSPS) is 16.6. The van der Waals surface area contributed by atoms with Crippen LogP contribution < -0.4 is 10.2 Å². The van der Waals surface area contributed by atoms with Crippen LogP contribution in [0.4, 0.5) is 25.8 Å². The summed E-state index contributed by atoms with van der Waals surface area (Å²) in [5, 5.41) is 23.0. The van der Waals surface area contributed by atoms with Crippen LogP contribution in [0.1, 0.15) is 22.3 Å². The Bertz CT molecular complexity index is 649. The van der Waals surface area contributed by atoms with Crippen molar-refractivity contribution < 1.29 is 23.6 Å². The number of nitro groups is 1. The van der Waals surface area contributed by atoms with Crippen molar-refractivity contribution in [2.45, 2.75) is 19.3 Å². The molecule has 0 unspecified atom stereocenters. The Morgan fingerprint density at radius 1 is 1.55 bits per heavy atom. The smallest absolute Gasteiger partial charge is 0.338 e. The Kier molecular flexibility index (Phi) is 3.90. The maximum absolute atomic E-state index is 13.4. The van der Waals surface area contributed by atoms with Gasteiger partial charge in [0, 0.05) is 31.6 Å². The van der Waals surface area contributed by atoms with Gasteiger partial charge in [-0.1, -0.05) is 0 Å². The zero-order chi connectivity index (χ0) is 16.7. The van der Waals surface area contributed by atoms with E-state index in [2.05, 4.69) is 5.32 Å². The van der Waals surface area contributed by atoms with Gasteiger partial charge < -0.3 is 15.3 Å². The lowest BCUT2D eigenvalue weighted by Gasteiger charge is -2.24. The molecular weight excluding hydrogens is 300 g/mol. The highest BCUT2D eigenvalue weighted by Gasteiger charge is 2.40. The monoisotopic (exact) mass is 315 g/mol. The number of alkyl halides is 2. The topological polar surface area (TPSA) is 95.7 Å². The predicted molar refractivity (Wildman–Crippen MR) is 76.1 cm³/mol. The first kappa shape index (κ1) is 15.9. The van der Waals surface area contributed by atoms with E-state index in [0.717, 1.165) is 6.07 Å². The third-order valence-electron chi connectivity index (χ3n) is 3.69. The zero-order valence-electron chi connectivity index (χ0n) is 12.0. The van der Waals surface area contributed by atoms with E-state index >= 15 is 0 Å². The fraction of sp³-hybridized carbons (Fsp3) is 0.462. The average Bonchev–Trinajstić information content (AvgIpc) is 2.77. The van der Waals surface area contributed by atoms with Gasteiger partial charge in [-0.2, -0.15) is 0 Å². The van der Waals surface area contributed by atoms with Crippen molar-refractivity contribution in [1.82, 2.24) is 0 Å². The summed E-state index contributed by atoms with van der Waals surface area (Å²) in [6, 6.07) is 0.910. The molecule has 2 N–H and O–H groups in total. The Labute approximate surface area is 124 Å². The van der Waals surface area contributed by atoms with Crippen LogP contribution in [-0.4, -0.2) is 42.1 Å². The van der Waals surface area contributed by atoms with Gasteiger partial charge in [-0.05, 0) is 6.92 Å². The second-order valence-electron chi connectivity index (χ2n) is 5.13. The number of aromatic carboxylic acids is 1. The summed E-state index contributed by atoms with van der Waals surface area (Å²) in [4.78, 5) is 23.1. The number of nitro benzene ring substituents is 1. The molecule has 0 bridgehead atoms. The van der Waals surface area contributed by atoms with Gasteiger partial charge in [0.25, 0.3) is 11.6 Å². The molecule has 22 heavy (non-hydrogen) atoms. The molecule has 7 nitrogen and oxygen atoms in total. The van der Waals surface area contributed by atoms with Crippen molar-refractivity contribution in [3.8, 4) is 0 Å². The Balaban J connectivity index is 2.67. The quantitative estimate of drug-likeness (QED) is 0.654. The van der Waals surface area contributed by atoms with Crippen molar-refractivity contribution in [2.75, 3.05) is 30.4 Å². The molecule has 1 aliphatic heterocycles. The molecule has 1 aliphatic rings. The number of rotatable bonds is 4. The van der Waals surface area contributed by atoms with Gasteiger partial charge >= 0.3 is 5.97 Å². The van der Waals surface area contributed by atoms with Crippen molar-refractivity contribution in [2.24, 2.45) is 0 Å². The summed E-state index contributed by atoms with van der Waals surface area (Å²) in [5.74, 6) is -4.29. The standard InChI is InChI=1S/C13H15F2N3O4/c1-7-10(16-2)9(18(21)22)5-8(12(19)20)11(7)17-4-3-13(14,15)6-17/h5,16H,3-4,6H2,1-2H3,(H,19,20). The first-order chi connectivity index (χ1) is 10.2. The van der Waals surface area contributed by atoms with Crippen LogP contribution in [0.25, 0.3) is 0 Å². The summed E-state index contributed by atoms with van der Waals surface area (Å²) in [7, 11) is 1.46. The molecule has 0 aromatic heterocycles. The van der Waals surface area contributed by atoms with Crippen LogP contribution in [0.15, 0.2) is 6.07 Å². The van der Waals surface area contributed by atoms with E-state index < -0.39 is 29.0 Å². The molecule has 120 valence electrons. The average molecular weight is 315 g/mol. The Morgan fingerprint density at radius 3 is 2.59 bits per heavy atom. The van der Waals surface area contributed by atoms with Crippen molar-refractivity contribution in [3.05, 3.63) is 27.3 Å². The van der Waals surface area contributed by atoms with E-state index in [1.165, 1.54) is 18.9 Å².